The third-order valence-corrected chi connectivity index (χ3v) is 8.57. The van der Waals surface area contributed by atoms with Crippen molar-refractivity contribution in [1.82, 2.24) is 14.8 Å². The molecule has 1 aliphatic heterocycles. The highest BCUT2D eigenvalue weighted by molar-refractivity contribution is 6.30. The third kappa shape index (κ3) is 3.56. The van der Waals surface area contributed by atoms with E-state index in [0.29, 0.717) is 41.4 Å². The van der Waals surface area contributed by atoms with Gasteiger partial charge in [-0.3, -0.25) is 4.57 Å². The van der Waals surface area contributed by atoms with Crippen molar-refractivity contribution in [2.75, 3.05) is 0 Å². The fourth-order valence-electron chi connectivity index (χ4n) is 7.47. The molecule has 2 unspecified atom stereocenters. The SMILES string of the molecule is O=C(OC1C(c2ccc(Cl)cc2)CCc2nnc(C34CC5CC(CC(C5)C3)C4)n21)C(F)(F)F. The van der Waals surface area contributed by atoms with Gasteiger partial charge in [0.15, 0.2) is 6.23 Å². The minimum absolute atomic E-state index is 0.190. The van der Waals surface area contributed by atoms with Crippen LogP contribution in [0.4, 0.5) is 13.2 Å². The zero-order chi connectivity index (χ0) is 23.0. The van der Waals surface area contributed by atoms with E-state index < -0.39 is 24.3 Å². The second-order valence-electron chi connectivity index (χ2n) is 10.5. The summed E-state index contributed by atoms with van der Waals surface area (Å²) in [5.74, 6) is 0.610. The van der Waals surface area contributed by atoms with E-state index in [0.717, 1.165) is 30.7 Å². The van der Waals surface area contributed by atoms with E-state index in [1.54, 1.807) is 28.8 Å². The number of fused-ring (bicyclic) bond motifs is 1. The first-order valence-electron chi connectivity index (χ1n) is 11.7. The average molecular weight is 480 g/mol. The van der Waals surface area contributed by atoms with Crippen LogP contribution in [0.15, 0.2) is 24.3 Å². The molecule has 0 saturated heterocycles. The number of hydrogen-bond acceptors (Lipinski definition) is 4. The predicted molar refractivity (Wildman–Crippen MR) is 114 cm³/mol. The number of rotatable bonds is 3. The molecule has 1 aromatic heterocycles. The van der Waals surface area contributed by atoms with Crippen LogP contribution in [0.1, 0.15) is 74.3 Å². The summed E-state index contributed by atoms with van der Waals surface area (Å²) in [6.45, 7) is 0. The van der Waals surface area contributed by atoms with E-state index in [2.05, 4.69) is 10.2 Å². The lowest BCUT2D eigenvalue weighted by Gasteiger charge is -2.56. The first kappa shape index (κ1) is 21.4. The van der Waals surface area contributed by atoms with Crippen molar-refractivity contribution < 1.29 is 22.7 Å². The van der Waals surface area contributed by atoms with E-state index in [4.69, 9.17) is 16.3 Å². The Hall–Kier alpha value is -2.09. The first-order valence-corrected chi connectivity index (χ1v) is 12.1. The zero-order valence-corrected chi connectivity index (χ0v) is 18.8. The van der Waals surface area contributed by atoms with Gasteiger partial charge in [0, 0.05) is 22.8 Å². The topological polar surface area (TPSA) is 57.0 Å². The van der Waals surface area contributed by atoms with Gasteiger partial charge in [0.05, 0.1) is 0 Å². The third-order valence-electron chi connectivity index (χ3n) is 8.31. The van der Waals surface area contributed by atoms with Crippen molar-refractivity contribution >= 4 is 17.6 Å². The molecule has 9 heteroatoms. The number of aromatic nitrogens is 3. The average Bonchev–Trinajstić information content (AvgIpc) is 3.19. The zero-order valence-electron chi connectivity index (χ0n) is 18.0. The van der Waals surface area contributed by atoms with Crippen molar-refractivity contribution in [2.24, 2.45) is 17.8 Å². The summed E-state index contributed by atoms with van der Waals surface area (Å²) >= 11 is 6.04. The maximum atomic E-state index is 13.3. The van der Waals surface area contributed by atoms with Crippen molar-refractivity contribution in [3.8, 4) is 0 Å². The normalized spacial score (nSPS) is 34.8. The second kappa shape index (κ2) is 7.45. The molecule has 176 valence electrons. The summed E-state index contributed by atoms with van der Waals surface area (Å²) in [7, 11) is 0. The van der Waals surface area contributed by atoms with Crippen LogP contribution in [0.2, 0.25) is 5.02 Å². The smallest absolute Gasteiger partial charge is 0.434 e. The monoisotopic (exact) mass is 479 g/mol. The van der Waals surface area contributed by atoms with E-state index in [1.807, 2.05) is 0 Å². The maximum absolute atomic E-state index is 13.3. The minimum Gasteiger partial charge on any atom is -0.434 e. The van der Waals surface area contributed by atoms with Gasteiger partial charge in [-0.1, -0.05) is 23.7 Å². The van der Waals surface area contributed by atoms with Crippen molar-refractivity contribution in [3.05, 3.63) is 46.5 Å². The number of halogens is 4. The van der Waals surface area contributed by atoms with Crippen LogP contribution < -0.4 is 0 Å². The molecule has 5 nitrogen and oxygen atoms in total. The molecule has 7 rings (SSSR count). The van der Waals surface area contributed by atoms with Crippen molar-refractivity contribution in [2.45, 2.75) is 75.1 Å². The predicted octanol–water partition coefficient (Wildman–Crippen LogP) is 5.73. The first-order chi connectivity index (χ1) is 15.7. The summed E-state index contributed by atoms with van der Waals surface area (Å²) in [5.41, 5.74) is 0.598. The number of nitrogens with zero attached hydrogens (tertiary/aromatic N) is 3. The Balaban J connectivity index is 1.44. The standard InChI is InChI=1S/C24H25ClF3N3O2/c25-17-3-1-16(2-4-17)18-5-6-19-29-30-21(31(19)20(18)33-22(32)24(26,27)28)23-10-13-7-14(11-23)9-15(8-13)12-23/h1-4,13-15,18,20H,5-12H2. The Morgan fingerprint density at radius 3 is 2.21 bits per heavy atom. The lowest BCUT2D eigenvalue weighted by molar-refractivity contribution is -0.211. The van der Waals surface area contributed by atoms with Crippen molar-refractivity contribution in [3.63, 3.8) is 0 Å². The number of benzene rings is 1. The largest absolute Gasteiger partial charge is 0.491 e. The maximum Gasteiger partial charge on any atom is 0.491 e. The van der Waals surface area contributed by atoms with Crippen LogP contribution in [0.3, 0.4) is 0 Å². The molecule has 0 spiro atoms. The Bertz CT molecular complexity index is 1050. The molecule has 2 atom stereocenters. The van der Waals surface area contributed by atoms with E-state index in [-0.39, 0.29) is 5.41 Å². The van der Waals surface area contributed by atoms with Crippen LogP contribution in [0, 0.1) is 17.8 Å². The number of ether oxygens (including phenoxy) is 1. The highest BCUT2D eigenvalue weighted by Gasteiger charge is 2.55. The van der Waals surface area contributed by atoms with Gasteiger partial charge in [-0.05, 0) is 80.4 Å². The molecule has 4 aliphatic carbocycles. The van der Waals surface area contributed by atoms with Crippen molar-refractivity contribution in [1.29, 1.82) is 0 Å². The van der Waals surface area contributed by atoms with Gasteiger partial charge < -0.3 is 4.74 Å². The summed E-state index contributed by atoms with van der Waals surface area (Å²) in [5, 5.41) is 9.50. The van der Waals surface area contributed by atoms with Crippen LogP contribution in [0.5, 0.6) is 0 Å². The minimum atomic E-state index is -5.07. The quantitative estimate of drug-likeness (QED) is 0.527. The molecule has 0 N–H and O–H groups in total. The van der Waals surface area contributed by atoms with Gasteiger partial charge >= 0.3 is 12.1 Å². The Kier molecular flexibility index (Phi) is 4.84. The van der Waals surface area contributed by atoms with Gasteiger partial charge in [0.1, 0.15) is 11.6 Å². The number of carbonyl (C=O) groups is 1. The fraction of sp³-hybridized carbons (Fsp3) is 0.625. The summed E-state index contributed by atoms with van der Waals surface area (Å²) in [6, 6.07) is 7.00. The van der Waals surface area contributed by atoms with E-state index >= 15 is 0 Å². The number of alkyl halides is 3. The van der Waals surface area contributed by atoms with Crippen LogP contribution in [0.25, 0.3) is 0 Å². The fourth-order valence-corrected chi connectivity index (χ4v) is 7.59. The molecule has 0 radical (unpaired) electrons. The molecule has 0 amide bonds. The Morgan fingerprint density at radius 1 is 1.03 bits per heavy atom. The highest BCUT2D eigenvalue weighted by Crippen LogP contribution is 2.61. The van der Waals surface area contributed by atoms with E-state index in [1.165, 1.54) is 19.3 Å². The molecule has 2 heterocycles. The molecule has 4 fully saturated rings. The molecule has 33 heavy (non-hydrogen) atoms. The molecular formula is C24H25ClF3N3O2. The molecule has 1 aromatic carbocycles. The van der Waals surface area contributed by atoms with Gasteiger partial charge in [0.2, 0.25) is 0 Å². The number of hydrogen-bond donors (Lipinski definition) is 0. The van der Waals surface area contributed by atoms with Gasteiger partial charge in [-0.15, -0.1) is 10.2 Å². The Labute approximate surface area is 194 Å². The van der Waals surface area contributed by atoms with Crippen LogP contribution in [-0.2, 0) is 21.4 Å². The second-order valence-corrected chi connectivity index (χ2v) is 10.9. The summed E-state index contributed by atoms with van der Waals surface area (Å²) < 4.78 is 46.8. The highest BCUT2D eigenvalue weighted by atomic mass is 35.5. The van der Waals surface area contributed by atoms with E-state index in [9.17, 15) is 18.0 Å². The molecular weight excluding hydrogens is 455 g/mol. The number of aryl methyl sites for hydroxylation is 1. The van der Waals surface area contributed by atoms with Gasteiger partial charge in [-0.2, -0.15) is 13.2 Å². The van der Waals surface area contributed by atoms with Crippen LogP contribution >= 0.6 is 11.6 Å². The molecule has 4 saturated carbocycles. The van der Waals surface area contributed by atoms with Gasteiger partial charge in [-0.25, -0.2) is 4.79 Å². The lowest BCUT2D eigenvalue weighted by Crippen LogP contribution is -2.50. The molecule has 4 bridgehead atoms. The number of carbonyl (C=O) groups excluding carboxylic acids is 1. The molecule has 2 aromatic rings. The Morgan fingerprint density at radius 2 is 1.64 bits per heavy atom. The van der Waals surface area contributed by atoms with Crippen LogP contribution in [-0.4, -0.2) is 26.9 Å². The van der Waals surface area contributed by atoms with Gasteiger partial charge in [0.25, 0.3) is 0 Å². The number of esters is 1. The summed E-state index contributed by atoms with van der Waals surface area (Å²) in [4.78, 5) is 12.0. The molecule has 5 aliphatic rings. The lowest BCUT2D eigenvalue weighted by atomic mass is 9.49. The summed E-state index contributed by atoms with van der Waals surface area (Å²) in [6.07, 6.45) is 1.54.